The van der Waals surface area contributed by atoms with Gasteiger partial charge in [0.25, 0.3) is 0 Å². The summed E-state index contributed by atoms with van der Waals surface area (Å²) in [5.41, 5.74) is 3.02. The van der Waals surface area contributed by atoms with Gasteiger partial charge in [-0.25, -0.2) is 0 Å². The number of anilines is 1. The van der Waals surface area contributed by atoms with Crippen molar-refractivity contribution in [3.63, 3.8) is 0 Å². The molecule has 0 aliphatic rings. The Balaban J connectivity index is 1.90. The average molecular weight is 320 g/mol. The second kappa shape index (κ2) is 7.95. The minimum absolute atomic E-state index is 0.0556. The minimum atomic E-state index is -0.0556. The highest BCUT2D eigenvalue weighted by molar-refractivity contribution is 7.99. The molecule has 6 nitrogen and oxygen atoms in total. The van der Waals surface area contributed by atoms with Gasteiger partial charge in [0.1, 0.15) is 6.33 Å². The third-order valence-corrected chi connectivity index (χ3v) is 4.10. The first-order valence-electron chi connectivity index (χ1n) is 6.97. The molecule has 0 atom stereocenters. The van der Waals surface area contributed by atoms with Crippen LogP contribution in [0.1, 0.15) is 11.1 Å². The molecule has 118 valence electrons. The summed E-state index contributed by atoms with van der Waals surface area (Å²) in [7, 11) is 1.65. The summed E-state index contributed by atoms with van der Waals surface area (Å²) in [5.74, 6) is 0.235. The van der Waals surface area contributed by atoms with Gasteiger partial charge in [0.2, 0.25) is 5.91 Å². The van der Waals surface area contributed by atoms with Crippen LogP contribution in [0, 0.1) is 13.8 Å². The first-order chi connectivity index (χ1) is 10.6. The Morgan fingerprint density at radius 1 is 1.41 bits per heavy atom. The molecular weight excluding hydrogens is 300 g/mol. The molecule has 0 saturated carbocycles. The van der Waals surface area contributed by atoms with Crippen LogP contribution in [-0.4, -0.2) is 40.1 Å². The number of aryl methyl sites for hydroxylation is 2. The van der Waals surface area contributed by atoms with Crippen LogP contribution in [0.25, 0.3) is 0 Å². The molecule has 2 aromatic rings. The number of nitrogens with zero attached hydrogens (tertiary/aromatic N) is 3. The molecule has 2 rings (SSSR count). The maximum atomic E-state index is 12.1. The molecule has 0 spiro atoms. The van der Waals surface area contributed by atoms with E-state index in [1.54, 1.807) is 13.4 Å². The summed E-state index contributed by atoms with van der Waals surface area (Å²) >= 11 is 1.36. The van der Waals surface area contributed by atoms with Crippen molar-refractivity contribution in [2.24, 2.45) is 0 Å². The van der Waals surface area contributed by atoms with E-state index in [1.807, 2.05) is 36.6 Å². The molecule has 1 N–H and O–H groups in total. The summed E-state index contributed by atoms with van der Waals surface area (Å²) < 4.78 is 6.91. The zero-order chi connectivity index (χ0) is 15.9. The van der Waals surface area contributed by atoms with Crippen LogP contribution in [0.3, 0.4) is 0 Å². The molecule has 0 unspecified atom stereocenters. The maximum absolute atomic E-state index is 12.1. The first kappa shape index (κ1) is 16.5. The van der Waals surface area contributed by atoms with Gasteiger partial charge in [-0.15, -0.1) is 10.2 Å². The Morgan fingerprint density at radius 2 is 2.23 bits per heavy atom. The topological polar surface area (TPSA) is 69.0 Å². The van der Waals surface area contributed by atoms with Gasteiger partial charge in [0.15, 0.2) is 5.16 Å². The summed E-state index contributed by atoms with van der Waals surface area (Å²) in [6.45, 7) is 5.23. The fourth-order valence-electron chi connectivity index (χ4n) is 1.89. The van der Waals surface area contributed by atoms with Crippen LogP contribution in [-0.2, 0) is 16.1 Å². The number of hydrogen-bond donors (Lipinski definition) is 1. The van der Waals surface area contributed by atoms with Crippen molar-refractivity contribution >= 4 is 23.4 Å². The van der Waals surface area contributed by atoms with Gasteiger partial charge < -0.3 is 14.6 Å². The van der Waals surface area contributed by atoms with Crippen molar-refractivity contribution < 1.29 is 9.53 Å². The average Bonchev–Trinajstić information content (AvgIpc) is 2.94. The van der Waals surface area contributed by atoms with Gasteiger partial charge in [-0.2, -0.15) is 0 Å². The number of thioether (sulfide) groups is 1. The third kappa shape index (κ3) is 4.57. The lowest BCUT2D eigenvalue weighted by atomic mass is 10.1. The number of amides is 1. The van der Waals surface area contributed by atoms with Crippen LogP contribution in [0.15, 0.2) is 29.7 Å². The number of benzene rings is 1. The van der Waals surface area contributed by atoms with E-state index in [-0.39, 0.29) is 5.91 Å². The van der Waals surface area contributed by atoms with Crippen molar-refractivity contribution in [3.05, 3.63) is 35.7 Å². The van der Waals surface area contributed by atoms with E-state index in [0.29, 0.717) is 24.1 Å². The Hall–Kier alpha value is -1.86. The third-order valence-electron chi connectivity index (χ3n) is 3.12. The van der Waals surface area contributed by atoms with Gasteiger partial charge in [0, 0.05) is 19.3 Å². The molecule has 0 aliphatic heterocycles. The summed E-state index contributed by atoms with van der Waals surface area (Å²) in [5, 5.41) is 11.5. The van der Waals surface area contributed by atoms with Crippen molar-refractivity contribution in [1.82, 2.24) is 14.8 Å². The number of carbonyl (C=O) groups excluding carboxylic acids is 1. The Bertz CT molecular complexity index is 642. The monoisotopic (exact) mass is 320 g/mol. The Kier molecular flexibility index (Phi) is 5.97. The van der Waals surface area contributed by atoms with Crippen LogP contribution in [0.2, 0.25) is 0 Å². The molecule has 0 saturated heterocycles. The molecule has 0 radical (unpaired) electrons. The molecule has 1 amide bonds. The first-order valence-corrected chi connectivity index (χ1v) is 7.95. The van der Waals surface area contributed by atoms with Crippen LogP contribution >= 0.6 is 11.8 Å². The van der Waals surface area contributed by atoms with E-state index in [0.717, 1.165) is 16.8 Å². The highest BCUT2D eigenvalue weighted by atomic mass is 32.2. The lowest BCUT2D eigenvalue weighted by Gasteiger charge is -2.09. The summed E-state index contributed by atoms with van der Waals surface area (Å²) in [4.78, 5) is 12.1. The number of aromatic nitrogens is 3. The predicted octanol–water partition coefficient (Wildman–Crippen LogP) is 2.27. The van der Waals surface area contributed by atoms with Crippen LogP contribution in [0.4, 0.5) is 5.69 Å². The van der Waals surface area contributed by atoms with Crippen molar-refractivity contribution in [2.45, 2.75) is 25.5 Å². The molecule has 7 heteroatoms. The van der Waals surface area contributed by atoms with Gasteiger partial charge in [-0.1, -0.05) is 23.9 Å². The molecule has 0 aliphatic carbocycles. The number of hydrogen-bond acceptors (Lipinski definition) is 5. The second-order valence-electron chi connectivity index (χ2n) is 4.95. The molecule has 22 heavy (non-hydrogen) atoms. The zero-order valence-corrected chi connectivity index (χ0v) is 13.8. The quantitative estimate of drug-likeness (QED) is 0.793. The summed E-state index contributed by atoms with van der Waals surface area (Å²) in [6, 6.07) is 6.00. The lowest BCUT2D eigenvalue weighted by Crippen LogP contribution is -2.15. The van der Waals surface area contributed by atoms with E-state index in [9.17, 15) is 4.79 Å². The van der Waals surface area contributed by atoms with E-state index in [4.69, 9.17) is 4.74 Å². The molecule has 0 fully saturated rings. The number of methoxy groups -OCH3 is 1. The van der Waals surface area contributed by atoms with Crippen LogP contribution in [0.5, 0.6) is 0 Å². The molecular formula is C15H20N4O2S. The normalized spacial score (nSPS) is 10.7. The van der Waals surface area contributed by atoms with Gasteiger partial charge >= 0.3 is 0 Å². The number of carbonyl (C=O) groups is 1. The van der Waals surface area contributed by atoms with E-state index in [1.165, 1.54) is 11.8 Å². The Labute approximate surface area is 134 Å². The van der Waals surface area contributed by atoms with Gasteiger partial charge in [0.05, 0.1) is 12.4 Å². The van der Waals surface area contributed by atoms with Crippen molar-refractivity contribution in [3.8, 4) is 0 Å². The minimum Gasteiger partial charge on any atom is -0.383 e. The second-order valence-corrected chi connectivity index (χ2v) is 5.90. The summed E-state index contributed by atoms with van der Waals surface area (Å²) in [6.07, 6.45) is 1.64. The highest BCUT2D eigenvalue weighted by Crippen LogP contribution is 2.18. The fourth-order valence-corrected chi connectivity index (χ4v) is 2.63. The molecule has 1 heterocycles. The van der Waals surface area contributed by atoms with Gasteiger partial charge in [-0.05, 0) is 31.0 Å². The largest absolute Gasteiger partial charge is 0.383 e. The van der Waals surface area contributed by atoms with Gasteiger partial charge in [-0.3, -0.25) is 4.79 Å². The number of rotatable bonds is 7. The molecule has 1 aromatic carbocycles. The predicted molar refractivity (Wildman–Crippen MR) is 87.2 cm³/mol. The number of nitrogens with one attached hydrogen (secondary N) is 1. The smallest absolute Gasteiger partial charge is 0.234 e. The molecule has 1 aromatic heterocycles. The lowest BCUT2D eigenvalue weighted by molar-refractivity contribution is -0.113. The zero-order valence-electron chi connectivity index (χ0n) is 13.0. The fraction of sp³-hybridized carbons (Fsp3) is 0.400. The highest BCUT2D eigenvalue weighted by Gasteiger charge is 2.10. The van der Waals surface area contributed by atoms with E-state index in [2.05, 4.69) is 15.5 Å². The standard InChI is InChI=1S/C15H20N4O2S/c1-11-4-5-12(2)13(8-11)17-14(20)9-22-15-18-16-10-19(15)6-7-21-3/h4-5,8,10H,6-7,9H2,1-3H3,(H,17,20). The molecule has 0 bridgehead atoms. The van der Waals surface area contributed by atoms with Crippen molar-refractivity contribution in [1.29, 1.82) is 0 Å². The van der Waals surface area contributed by atoms with E-state index >= 15 is 0 Å². The Morgan fingerprint density at radius 3 is 3.00 bits per heavy atom. The SMILES string of the molecule is COCCn1cnnc1SCC(=O)Nc1cc(C)ccc1C. The van der Waals surface area contributed by atoms with Crippen LogP contribution < -0.4 is 5.32 Å². The van der Waals surface area contributed by atoms with Crippen molar-refractivity contribution in [2.75, 3.05) is 24.8 Å². The maximum Gasteiger partial charge on any atom is 0.234 e. The number of ether oxygens (including phenoxy) is 1. The van der Waals surface area contributed by atoms with E-state index < -0.39 is 0 Å².